The van der Waals surface area contributed by atoms with Crippen LogP contribution in [0.2, 0.25) is 10.0 Å². The lowest BCUT2D eigenvalue weighted by atomic mass is 10.3. The van der Waals surface area contributed by atoms with Crippen LogP contribution >= 0.6 is 34.8 Å². The number of halogens is 4. The van der Waals surface area contributed by atoms with Gasteiger partial charge >= 0.3 is 0 Å². The number of alkyl halides is 1. The molecule has 0 aliphatic heterocycles. The zero-order valence-corrected chi connectivity index (χ0v) is 9.92. The Labute approximate surface area is 101 Å². The van der Waals surface area contributed by atoms with Crippen LogP contribution < -0.4 is 5.32 Å². The fraction of sp³-hybridized carbons (Fsp3) is 0.222. The summed E-state index contributed by atoms with van der Waals surface area (Å²) >= 11 is 16.6. The molecule has 82 valence electrons. The van der Waals surface area contributed by atoms with Crippen LogP contribution in [0.5, 0.6) is 0 Å². The van der Waals surface area contributed by atoms with Gasteiger partial charge in [0.15, 0.2) is 5.82 Å². The minimum absolute atomic E-state index is 0.153. The first-order valence-electron chi connectivity index (χ1n) is 4.01. The Morgan fingerprint density at radius 3 is 2.27 bits per heavy atom. The molecule has 6 heteroatoms. The molecule has 1 amide bonds. The molecule has 0 aromatic heterocycles. The summed E-state index contributed by atoms with van der Waals surface area (Å²) in [4.78, 5) is 11.2. The first kappa shape index (κ1) is 12.6. The minimum Gasteiger partial charge on any atom is -0.325 e. The van der Waals surface area contributed by atoms with Gasteiger partial charge in [-0.1, -0.05) is 23.2 Å². The van der Waals surface area contributed by atoms with Crippen molar-refractivity contribution in [2.24, 2.45) is 0 Å². The molecule has 2 nitrogen and oxygen atoms in total. The molecular weight excluding hydrogens is 263 g/mol. The van der Waals surface area contributed by atoms with Crippen molar-refractivity contribution in [3.63, 3.8) is 0 Å². The highest BCUT2D eigenvalue weighted by Gasteiger charge is 2.12. The van der Waals surface area contributed by atoms with Crippen molar-refractivity contribution in [3.05, 3.63) is 28.0 Å². The van der Waals surface area contributed by atoms with Crippen molar-refractivity contribution in [1.29, 1.82) is 0 Å². The molecule has 0 spiro atoms. The maximum absolute atomic E-state index is 13.0. The van der Waals surface area contributed by atoms with Gasteiger partial charge in [0.25, 0.3) is 0 Å². The van der Waals surface area contributed by atoms with Crippen LogP contribution in [-0.4, -0.2) is 11.3 Å². The molecule has 0 radical (unpaired) electrons. The number of anilines is 1. The third-order valence-corrected chi connectivity index (χ3v) is 2.36. The Kier molecular flexibility index (Phi) is 4.20. The van der Waals surface area contributed by atoms with Crippen LogP contribution in [-0.2, 0) is 4.79 Å². The summed E-state index contributed by atoms with van der Waals surface area (Å²) in [5.74, 6) is -1.12. The van der Waals surface area contributed by atoms with E-state index in [1.54, 1.807) is 0 Å². The molecule has 1 rings (SSSR count). The van der Waals surface area contributed by atoms with Crippen molar-refractivity contribution >= 4 is 46.4 Å². The van der Waals surface area contributed by atoms with E-state index in [0.29, 0.717) is 5.69 Å². The van der Waals surface area contributed by atoms with E-state index in [1.807, 2.05) is 0 Å². The third kappa shape index (κ3) is 3.23. The van der Waals surface area contributed by atoms with Crippen LogP contribution in [0.4, 0.5) is 10.1 Å². The number of nitrogens with one attached hydrogen (secondary N) is 1. The maximum Gasteiger partial charge on any atom is 0.242 e. The summed E-state index contributed by atoms with van der Waals surface area (Å²) in [6.45, 7) is 1.52. The van der Waals surface area contributed by atoms with E-state index in [-0.39, 0.29) is 10.0 Å². The van der Waals surface area contributed by atoms with E-state index in [9.17, 15) is 9.18 Å². The molecule has 0 saturated heterocycles. The lowest BCUT2D eigenvalue weighted by Crippen LogP contribution is -2.20. The van der Waals surface area contributed by atoms with Crippen LogP contribution in [0.3, 0.4) is 0 Å². The molecule has 15 heavy (non-hydrogen) atoms. The average Bonchev–Trinajstić information content (AvgIpc) is 2.13. The Balaban J connectivity index is 2.93. The summed E-state index contributed by atoms with van der Waals surface area (Å²) < 4.78 is 13.0. The second kappa shape index (κ2) is 5.01. The normalized spacial score (nSPS) is 12.3. The first-order chi connectivity index (χ1) is 6.91. The van der Waals surface area contributed by atoms with Gasteiger partial charge in [0.05, 0.1) is 10.0 Å². The van der Waals surface area contributed by atoms with Gasteiger partial charge in [-0.15, -0.1) is 11.6 Å². The predicted octanol–water partition coefficient (Wildman–Crippen LogP) is 3.70. The SMILES string of the molecule is CC(Cl)C(=O)Nc1cc(Cl)c(F)c(Cl)c1. The smallest absolute Gasteiger partial charge is 0.242 e. The Bertz CT molecular complexity index is 372. The molecule has 0 saturated carbocycles. The molecule has 0 fully saturated rings. The molecule has 1 N–H and O–H groups in total. The van der Waals surface area contributed by atoms with E-state index in [0.717, 1.165) is 0 Å². The van der Waals surface area contributed by atoms with E-state index >= 15 is 0 Å². The van der Waals surface area contributed by atoms with Gasteiger partial charge in [0, 0.05) is 5.69 Å². The zero-order chi connectivity index (χ0) is 11.6. The molecule has 1 unspecified atom stereocenters. The largest absolute Gasteiger partial charge is 0.325 e. The van der Waals surface area contributed by atoms with Gasteiger partial charge in [-0.05, 0) is 19.1 Å². The average molecular weight is 271 g/mol. The van der Waals surface area contributed by atoms with Crippen molar-refractivity contribution in [3.8, 4) is 0 Å². The lowest BCUT2D eigenvalue weighted by molar-refractivity contribution is -0.115. The number of hydrogen-bond donors (Lipinski definition) is 1. The standard InChI is InChI=1S/C9H7Cl3FNO/c1-4(10)9(15)14-5-2-6(11)8(13)7(12)3-5/h2-4H,1H3,(H,14,15). The molecule has 0 bridgehead atoms. The molecule has 0 aliphatic carbocycles. The number of amides is 1. The van der Waals surface area contributed by atoms with Crippen LogP contribution in [0.1, 0.15) is 6.92 Å². The van der Waals surface area contributed by atoms with E-state index in [1.165, 1.54) is 19.1 Å². The van der Waals surface area contributed by atoms with E-state index < -0.39 is 17.1 Å². The van der Waals surface area contributed by atoms with Gasteiger partial charge < -0.3 is 5.32 Å². The number of benzene rings is 1. The van der Waals surface area contributed by atoms with Crippen molar-refractivity contribution < 1.29 is 9.18 Å². The number of carbonyl (C=O) groups is 1. The molecule has 0 aliphatic rings. The molecule has 0 heterocycles. The quantitative estimate of drug-likeness (QED) is 0.644. The van der Waals surface area contributed by atoms with Crippen LogP contribution in [0.25, 0.3) is 0 Å². The van der Waals surface area contributed by atoms with Crippen molar-refractivity contribution in [2.45, 2.75) is 12.3 Å². The Morgan fingerprint density at radius 1 is 1.40 bits per heavy atom. The number of rotatable bonds is 2. The predicted molar refractivity (Wildman–Crippen MR) is 60.4 cm³/mol. The summed E-state index contributed by atoms with van der Waals surface area (Å²) in [5, 5.41) is 1.45. The Morgan fingerprint density at radius 2 is 1.87 bits per heavy atom. The van der Waals surface area contributed by atoms with Gasteiger partial charge in [-0.25, -0.2) is 4.39 Å². The highest BCUT2D eigenvalue weighted by Crippen LogP contribution is 2.27. The molecule has 1 aromatic carbocycles. The molecule has 1 atom stereocenters. The molecular formula is C9H7Cl3FNO. The number of hydrogen-bond acceptors (Lipinski definition) is 1. The van der Waals surface area contributed by atoms with Gasteiger partial charge in [0.1, 0.15) is 5.38 Å². The second-order valence-electron chi connectivity index (χ2n) is 2.86. The summed E-state index contributed by atoms with van der Waals surface area (Å²) in [6.07, 6.45) is 0. The lowest BCUT2D eigenvalue weighted by Gasteiger charge is -2.08. The Hall–Kier alpha value is -0.510. The van der Waals surface area contributed by atoms with Crippen molar-refractivity contribution in [1.82, 2.24) is 0 Å². The second-order valence-corrected chi connectivity index (χ2v) is 4.33. The minimum atomic E-state index is -0.713. The van der Waals surface area contributed by atoms with Gasteiger partial charge in [0.2, 0.25) is 5.91 Å². The highest BCUT2D eigenvalue weighted by atomic mass is 35.5. The summed E-state index contributed by atoms with van der Waals surface area (Å²) in [7, 11) is 0. The summed E-state index contributed by atoms with van der Waals surface area (Å²) in [5.41, 5.74) is 0.309. The van der Waals surface area contributed by atoms with Crippen LogP contribution in [0.15, 0.2) is 12.1 Å². The van der Waals surface area contributed by atoms with Gasteiger partial charge in [-0.3, -0.25) is 4.79 Å². The van der Waals surface area contributed by atoms with E-state index in [2.05, 4.69) is 5.32 Å². The fourth-order valence-electron chi connectivity index (χ4n) is 0.869. The first-order valence-corrected chi connectivity index (χ1v) is 5.20. The summed E-state index contributed by atoms with van der Waals surface area (Å²) in [6, 6.07) is 2.53. The fourth-order valence-corrected chi connectivity index (χ4v) is 1.41. The van der Waals surface area contributed by atoms with Crippen molar-refractivity contribution in [2.75, 3.05) is 5.32 Å². The highest BCUT2D eigenvalue weighted by molar-refractivity contribution is 6.36. The maximum atomic E-state index is 13.0. The molecule has 1 aromatic rings. The number of carbonyl (C=O) groups excluding carboxylic acids is 1. The monoisotopic (exact) mass is 269 g/mol. The van der Waals surface area contributed by atoms with Crippen LogP contribution in [0, 0.1) is 5.82 Å². The van der Waals surface area contributed by atoms with Gasteiger partial charge in [-0.2, -0.15) is 0 Å². The topological polar surface area (TPSA) is 29.1 Å². The third-order valence-electron chi connectivity index (χ3n) is 1.61. The zero-order valence-electron chi connectivity index (χ0n) is 7.65. The van der Waals surface area contributed by atoms with E-state index in [4.69, 9.17) is 34.8 Å².